The molecule has 1 aromatic rings. The number of pyridine rings is 1. The van der Waals surface area contributed by atoms with Crippen LogP contribution in [-0.4, -0.2) is 10.1 Å². The van der Waals surface area contributed by atoms with Crippen molar-refractivity contribution < 1.29 is 13.9 Å². The first-order chi connectivity index (χ1) is 7.79. The maximum Gasteiger partial charge on any atom is 0.280 e. The summed E-state index contributed by atoms with van der Waals surface area (Å²) in [5.74, 6) is 0. The molecule has 1 N–H and O–H groups in total. The van der Waals surface area contributed by atoms with Gasteiger partial charge in [0.25, 0.3) is 6.43 Å². The van der Waals surface area contributed by atoms with E-state index in [1.165, 1.54) is 12.1 Å². The van der Waals surface area contributed by atoms with Gasteiger partial charge in [0.15, 0.2) is 0 Å². The molecule has 0 aliphatic heterocycles. The molecule has 5 heteroatoms. The quantitative estimate of drug-likeness (QED) is 0.902. The molecule has 18 heavy (non-hydrogen) atoms. The maximum absolute atomic E-state index is 12.4. The monoisotopic (exact) mass is 277 g/mol. The zero-order valence-electron chi connectivity index (χ0n) is 11.0. The average Bonchev–Trinajstić information content (AvgIpc) is 2.25. The van der Waals surface area contributed by atoms with Gasteiger partial charge in [-0.2, -0.15) is 13.5 Å². The summed E-state index contributed by atoms with van der Waals surface area (Å²) in [4.78, 5) is 3.77. The van der Waals surface area contributed by atoms with Gasteiger partial charge in [0, 0.05) is 0 Å². The van der Waals surface area contributed by atoms with Gasteiger partial charge in [-0.15, -0.1) is 0 Å². The van der Waals surface area contributed by atoms with Crippen molar-refractivity contribution in [2.45, 2.75) is 46.1 Å². The minimum Gasteiger partial charge on any atom is -0.387 e. The fourth-order valence-electron chi connectivity index (χ4n) is 1.49. The third-order valence-electron chi connectivity index (χ3n) is 2.52. The lowest BCUT2D eigenvalue weighted by molar-refractivity contribution is 0.133. The van der Waals surface area contributed by atoms with Crippen molar-refractivity contribution in [1.82, 2.24) is 4.98 Å². The van der Waals surface area contributed by atoms with E-state index in [1.807, 2.05) is 0 Å². The van der Waals surface area contributed by atoms with Crippen molar-refractivity contribution in [2.75, 3.05) is 0 Å². The molecule has 1 heterocycles. The van der Waals surface area contributed by atoms with Gasteiger partial charge in [-0.1, -0.05) is 26.8 Å². The molecule has 0 aromatic carbocycles. The summed E-state index contributed by atoms with van der Waals surface area (Å²) in [7, 11) is 0. The van der Waals surface area contributed by atoms with E-state index in [1.54, 1.807) is 6.07 Å². The normalized spacial score (nSPS) is 13.3. The second-order valence-electron chi connectivity index (χ2n) is 5.40. The van der Waals surface area contributed by atoms with Crippen molar-refractivity contribution >= 4 is 13.5 Å². The molecular weight excluding hydrogens is 256 g/mol. The summed E-state index contributed by atoms with van der Waals surface area (Å²) < 4.78 is 24.9. The van der Waals surface area contributed by atoms with E-state index in [2.05, 4.69) is 25.8 Å². The number of alkyl halides is 2. The highest BCUT2D eigenvalue weighted by atomic mass is 32.1. The molecule has 0 saturated heterocycles. The Bertz CT molecular complexity index is 366. The predicted octanol–water partition coefficient (Wildman–Crippen LogP) is 3.99. The summed E-state index contributed by atoms with van der Waals surface area (Å²) in [5, 5.41) is 9.88. The van der Waals surface area contributed by atoms with E-state index in [0.29, 0.717) is 12.1 Å². The van der Waals surface area contributed by atoms with Gasteiger partial charge in [-0.05, 0) is 30.4 Å². The summed E-state index contributed by atoms with van der Waals surface area (Å²) in [6.07, 6.45) is -2.02. The first-order valence-corrected chi connectivity index (χ1v) is 5.73. The molecule has 2 nitrogen and oxygen atoms in total. The number of hydrogen-bond acceptors (Lipinski definition) is 2. The largest absolute Gasteiger partial charge is 0.387 e. The Morgan fingerprint density at radius 3 is 2.28 bits per heavy atom. The molecule has 1 atom stereocenters. The van der Waals surface area contributed by atoms with Crippen LogP contribution >= 0.6 is 13.5 Å². The van der Waals surface area contributed by atoms with E-state index in [9.17, 15) is 13.9 Å². The molecule has 0 amide bonds. The lowest BCUT2D eigenvalue weighted by Gasteiger charge is -2.20. The van der Waals surface area contributed by atoms with Crippen LogP contribution in [0.15, 0.2) is 18.2 Å². The Kier molecular flexibility index (Phi) is 6.78. The molecule has 1 aromatic heterocycles. The Hall–Kier alpha value is -0.680. The highest BCUT2D eigenvalue weighted by Crippen LogP contribution is 2.27. The first kappa shape index (κ1) is 17.3. The Balaban J connectivity index is 0.00000289. The fraction of sp³-hybridized carbons (Fsp3) is 0.615. The molecule has 0 radical (unpaired) electrons. The highest BCUT2D eigenvalue weighted by molar-refractivity contribution is 7.59. The van der Waals surface area contributed by atoms with E-state index in [4.69, 9.17) is 0 Å². The van der Waals surface area contributed by atoms with Gasteiger partial charge in [0.05, 0.1) is 11.8 Å². The molecule has 0 bridgehead atoms. The third kappa shape index (κ3) is 5.78. The minimum absolute atomic E-state index is 0. The fourth-order valence-corrected chi connectivity index (χ4v) is 1.49. The molecular formula is C13H21F2NOS. The van der Waals surface area contributed by atoms with Crippen LogP contribution in [0.5, 0.6) is 0 Å². The van der Waals surface area contributed by atoms with E-state index >= 15 is 0 Å². The number of halogens is 2. The number of hydrogen-bond donors (Lipinski definition) is 1. The number of rotatable bonds is 4. The van der Waals surface area contributed by atoms with E-state index < -0.39 is 12.5 Å². The van der Waals surface area contributed by atoms with Crippen molar-refractivity contribution in [3.63, 3.8) is 0 Å². The van der Waals surface area contributed by atoms with Crippen molar-refractivity contribution in [3.8, 4) is 0 Å². The smallest absolute Gasteiger partial charge is 0.280 e. The summed E-state index contributed by atoms with van der Waals surface area (Å²) in [6, 6.07) is 4.36. The highest BCUT2D eigenvalue weighted by Gasteiger charge is 2.17. The maximum atomic E-state index is 12.4. The van der Waals surface area contributed by atoms with Crippen LogP contribution < -0.4 is 0 Å². The first-order valence-electron chi connectivity index (χ1n) is 5.73. The summed E-state index contributed by atoms with van der Waals surface area (Å²) in [5.41, 5.74) is 0.158. The van der Waals surface area contributed by atoms with Gasteiger partial charge in [0.2, 0.25) is 0 Å². The average molecular weight is 277 g/mol. The van der Waals surface area contributed by atoms with Gasteiger partial charge in [-0.25, -0.2) is 13.8 Å². The molecule has 0 fully saturated rings. The van der Waals surface area contributed by atoms with Gasteiger partial charge < -0.3 is 5.11 Å². The van der Waals surface area contributed by atoms with Crippen LogP contribution in [0.2, 0.25) is 0 Å². The Morgan fingerprint density at radius 2 is 1.78 bits per heavy atom. The molecule has 0 spiro atoms. The molecule has 104 valence electrons. The molecule has 0 saturated carbocycles. The van der Waals surface area contributed by atoms with Gasteiger partial charge >= 0.3 is 0 Å². The molecule has 1 rings (SSSR count). The minimum atomic E-state index is -2.59. The number of aliphatic hydroxyl groups excluding tert-OH is 1. The third-order valence-corrected chi connectivity index (χ3v) is 2.52. The lowest BCUT2D eigenvalue weighted by Crippen LogP contribution is -2.09. The predicted molar refractivity (Wildman–Crippen MR) is 73.2 cm³/mol. The Morgan fingerprint density at radius 1 is 1.22 bits per heavy atom. The van der Waals surface area contributed by atoms with Gasteiger partial charge in [0.1, 0.15) is 5.69 Å². The number of aromatic nitrogens is 1. The second kappa shape index (κ2) is 7.04. The Labute approximate surface area is 114 Å². The molecule has 0 aliphatic rings. The van der Waals surface area contributed by atoms with Crippen LogP contribution in [0.3, 0.4) is 0 Å². The standard InChI is InChI=1S/C13H19F2NO.H2S/c1-13(2,3)8-7-11(17)9-5-4-6-10(16-9)12(14)15;/h4-6,11-12,17H,7-8H2,1-3H3;1H2/t11-;/m0./s1. The lowest BCUT2D eigenvalue weighted by atomic mass is 9.89. The topological polar surface area (TPSA) is 33.1 Å². The van der Waals surface area contributed by atoms with Crippen LogP contribution in [-0.2, 0) is 0 Å². The molecule has 0 aliphatic carbocycles. The SMILES string of the molecule is CC(C)(C)CC[C@H](O)c1cccc(C(F)F)n1.S. The van der Waals surface area contributed by atoms with Crippen molar-refractivity contribution in [3.05, 3.63) is 29.6 Å². The number of nitrogens with zero attached hydrogens (tertiary/aromatic N) is 1. The van der Waals surface area contributed by atoms with Crippen LogP contribution in [0.1, 0.15) is 57.5 Å². The summed E-state index contributed by atoms with van der Waals surface area (Å²) in [6.45, 7) is 6.22. The second-order valence-corrected chi connectivity index (χ2v) is 5.40. The van der Waals surface area contributed by atoms with Gasteiger partial charge in [-0.3, -0.25) is 0 Å². The molecule has 0 unspecified atom stereocenters. The van der Waals surface area contributed by atoms with Crippen molar-refractivity contribution in [1.29, 1.82) is 0 Å². The van der Waals surface area contributed by atoms with E-state index in [-0.39, 0.29) is 24.6 Å². The van der Waals surface area contributed by atoms with Crippen LogP contribution in [0.4, 0.5) is 8.78 Å². The van der Waals surface area contributed by atoms with Crippen LogP contribution in [0.25, 0.3) is 0 Å². The zero-order chi connectivity index (χ0) is 13.1. The van der Waals surface area contributed by atoms with Crippen molar-refractivity contribution in [2.24, 2.45) is 5.41 Å². The zero-order valence-corrected chi connectivity index (χ0v) is 12.0. The summed E-state index contributed by atoms with van der Waals surface area (Å²) >= 11 is 0. The number of aliphatic hydroxyl groups is 1. The van der Waals surface area contributed by atoms with E-state index in [0.717, 1.165) is 6.42 Å². The van der Waals surface area contributed by atoms with Crippen LogP contribution in [0, 0.1) is 5.41 Å².